The number of aliphatic hydroxyl groups excluding tert-OH is 1. The van der Waals surface area contributed by atoms with Gasteiger partial charge < -0.3 is 10.0 Å². The van der Waals surface area contributed by atoms with E-state index >= 15 is 0 Å². The van der Waals surface area contributed by atoms with Gasteiger partial charge in [0.25, 0.3) is 0 Å². The molecule has 16 heavy (non-hydrogen) atoms. The lowest BCUT2D eigenvalue weighted by molar-refractivity contribution is -0.143. The van der Waals surface area contributed by atoms with Crippen molar-refractivity contribution >= 4 is 11.8 Å². The second-order valence-electron chi connectivity index (χ2n) is 4.83. The third kappa shape index (κ3) is 1.74. The van der Waals surface area contributed by atoms with Gasteiger partial charge in [-0.05, 0) is 33.0 Å². The highest BCUT2D eigenvalue weighted by atomic mass is 16.3. The molecule has 0 radical (unpaired) electrons. The fraction of sp³-hybridized carbons (Fsp3) is 0.818. The van der Waals surface area contributed by atoms with Crippen molar-refractivity contribution in [3.8, 4) is 0 Å². The van der Waals surface area contributed by atoms with E-state index in [-0.39, 0.29) is 25.0 Å². The first-order valence-corrected chi connectivity index (χ1v) is 5.73. The largest absolute Gasteiger partial charge is 0.395 e. The first kappa shape index (κ1) is 11.5. The number of β-amino-alcohol motifs (C(OH)–C–C–N with tert-alkyl or cyclic N) is 1. The monoisotopic (exact) mass is 226 g/mol. The molecule has 0 atom stereocenters. The number of amides is 2. The molecule has 2 heterocycles. The van der Waals surface area contributed by atoms with Crippen molar-refractivity contribution in [2.24, 2.45) is 5.41 Å². The van der Waals surface area contributed by atoms with Crippen LogP contribution in [0.15, 0.2) is 0 Å². The van der Waals surface area contributed by atoms with Gasteiger partial charge >= 0.3 is 0 Å². The van der Waals surface area contributed by atoms with E-state index in [1.807, 2.05) is 7.05 Å². The molecule has 2 amide bonds. The van der Waals surface area contributed by atoms with Crippen molar-refractivity contribution in [2.75, 3.05) is 33.3 Å². The summed E-state index contributed by atoms with van der Waals surface area (Å²) in [5.41, 5.74) is -0.460. The molecule has 2 aliphatic rings. The SMILES string of the molecule is CN1CCC2(CC1)CC(=O)N(CCO)C2=O. The maximum absolute atomic E-state index is 12.2. The zero-order chi connectivity index (χ0) is 11.8. The molecular formula is C11H18N2O3. The highest BCUT2D eigenvalue weighted by molar-refractivity contribution is 6.05. The van der Waals surface area contributed by atoms with Gasteiger partial charge in [-0.15, -0.1) is 0 Å². The maximum atomic E-state index is 12.2. The van der Waals surface area contributed by atoms with E-state index in [9.17, 15) is 9.59 Å². The van der Waals surface area contributed by atoms with Crippen molar-refractivity contribution in [2.45, 2.75) is 19.3 Å². The molecule has 0 bridgehead atoms. The van der Waals surface area contributed by atoms with Crippen molar-refractivity contribution < 1.29 is 14.7 Å². The van der Waals surface area contributed by atoms with Gasteiger partial charge in [0.1, 0.15) is 0 Å². The van der Waals surface area contributed by atoms with Crippen LogP contribution in [0.5, 0.6) is 0 Å². The van der Waals surface area contributed by atoms with Crippen molar-refractivity contribution in [3.63, 3.8) is 0 Å². The Bertz CT molecular complexity index is 308. The van der Waals surface area contributed by atoms with Crippen LogP contribution in [-0.2, 0) is 9.59 Å². The minimum Gasteiger partial charge on any atom is -0.395 e. The maximum Gasteiger partial charge on any atom is 0.236 e. The zero-order valence-corrected chi connectivity index (χ0v) is 9.61. The standard InChI is InChI=1S/C11H18N2O3/c1-12-4-2-11(3-5-12)8-9(15)13(6-7-14)10(11)16/h14H,2-8H2,1H3. The second kappa shape index (κ2) is 4.14. The number of nitrogens with zero attached hydrogens (tertiary/aromatic N) is 2. The number of carbonyl (C=O) groups is 2. The molecule has 0 saturated carbocycles. The van der Waals surface area contributed by atoms with Crippen LogP contribution in [0, 0.1) is 5.41 Å². The Morgan fingerprint density at radius 3 is 2.50 bits per heavy atom. The van der Waals surface area contributed by atoms with Gasteiger partial charge in [-0.1, -0.05) is 0 Å². The summed E-state index contributed by atoms with van der Waals surface area (Å²) in [6, 6.07) is 0. The third-order valence-electron chi connectivity index (χ3n) is 3.76. The Kier molecular flexibility index (Phi) is 2.99. The molecule has 2 fully saturated rings. The lowest BCUT2D eigenvalue weighted by Crippen LogP contribution is -2.44. The number of carbonyl (C=O) groups excluding carboxylic acids is 2. The summed E-state index contributed by atoms with van der Waals surface area (Å²) in [5, 5.41) is 8.84. The van der Waals surface area contributed by atoms with E-state index in [1.165, 1.54) is 4.90 Å². The molecule has 0 aliphatic carbocycles. The Morgan fingerprint density at radius 2 is 1.94 bits per heavy atom. The van der Waals surface area contributed by atoms with Crippen LogP contribution in [0.25, 0.3) is 0 Å². The van der Waals surface area contributed by atoms with Crippen LogP contribution < -0.4 is 0 Å². The number of likely N-dealkylation sites (tertiary alicyclic amines) is 2. The minimum atomic E-state index is -0.460. The summed E-state index contributed by atoms with van der Waals surface area (Å²) in [5.74, 6) is -0.191. The molecule has 0 aromatic carbocycles. The first-order chi connectivity index (χ1) is 7.59. The molecular weight excluding hydrogens is 208 g/mol. The lowest BCUT2D eigenvalue weighted by Gasteiger charge is -2.35. The summed E-state index contributed by atoms with van der Waals surface area (Å²) >= 11 is 0. The predicted octanol–water partition coefficient (Wildman–Crippen LogP) is -0.550. The van der Waals surface area contributed by atoms with E-state index < -0.39 is 5.41 Å². The number of imide groups is 1. The van der Waals surface area contributed by atoms with Crippen LogP contribution in [0.1, 0.15) is 19.3 Å². The van der Waals surface area contributed by atoms with E-state index in [2.05, 4.69) is 4.90 Å². The molecule has 0 aromatic heterocycles. The number of piperidine rings is 1. The summed E-state index contributed by atoms with van der Waals surface area (Å²) in [6.07, 6.45) is 1.85. The number of hydrogen-bond donors (Lipinski definition) is 1. The van der Waals surface area contributed by atoms with Crippen LogP contribution in [0.3, 0.4) is 0 Å². The highest BCUT2D eigenvalue weighted by Gasteiger charge is 2.51. The average Bonchev–Trinajstić information content (AvgIpc) is 2.49. The van der Waals surface area contributed by atoms with E-state index in [1.54, 1.807) is 0 Å². The summed E-state index contributed by atoms with van der Waals surface area (Å²) in [6.45, 7) is 1.74. The van der Waals surface area contributed by atoms with Crippen LogP contribution in [0.4, 0.5) is 0 Å². The predicted molar refractivity (Wildman–Crippen MR) is 57.6 cm³/mol. The Balaban J connectivity index is 2.13. The molecule has 2 aliphatic heterocycles. The topological polar surface area (TPSA) is 60.9 Å². The smallest absolute Gasteiger partial charge is 0.236 e. The normalized spacial score (nSPS) is 25.8. The molecule has 5 nitrogen and oxygen atoms in total. The van der Waals surface area contributed by atoms with Crippen molar-refractivity contribution in [3.05, 3.63) is 0 Å². The van der Waals surface area contributed by atoms with Gasteiger partial charge in [0.05, 0.1) is 18.6 Å². The molecule has 2 saturated heterocycles. The van der Waals surface area contributed by atoms with Gasteiger partial charge in [0.2, 0.25) is 11.8 Å². The molecule has 1 N–H and O–H groups in total. The Hall–Kier alpha value is -0.940. The fourth-order valence-corrected chi connectivity index (χ4v) is 2.62. The fourth-order valence-electron chi connectivity index (χ4n) is 2.62. The first-order valence-electron chi connectivity index (χ1n) is 5.73. The molecule has 0 aromatic rings. The quantitative estimate of drug-likeness (QED) is 0.642. The number of rotatable bonds is 2. The summed E-state index contributed by atoms with van der Waals surface area (Å²) in [4.78, 5) is 27.3. The van der Waals surface area contributed by atoms with Crippen LogP contribution >= 0.6 is 0 Å². The molecule has 2 rings (SSSR count). The van der Waals surface area contributed by atoms with Gasteiger partial charge in [0.15, 0.2) is 0 Å². The lowest BCUT2D eigenvalue weighted by atomic mass is 9.77. The molecule has 0 unspecified atom stereocenters. The summed E-state index contributed by atoms with van der Waals surface area (Å²) in [7, 11) is 2.03. The van der Waals surface area contributed by atoms with Crippen LogP contribution in [0.2, 0.25) is 0 Å². The Morgan fingerprint density at radius 1 is 1.31 bits per heavy atom. The van der Waals surface area contributed by atoms with Crippen molar-refractivity contribution in [1.82, 2.24) is 9.80 Å². The van der Waals surface area contributed by atoms with E-state index in [4.69, 9.17) is 5.11 Å². The second-order valence-corrected chi connectivity index (χ2v) is 4.83. The third-order valence-corrected chi connectivity index (χ3v) is 3.76. The number of aliphatic hydroxyl groups is 1. The van der Waals surface area contributed by atoms with Gasteiger partial charge in [-0.25, -0.2) is 0 Å². The number of hydrogen-bond acceptors (Lipinski definition) is 4. The molecule has 1 spiro atoms. The van der Waals surface area contributed by atoms with E-state index in [0.717, 1.165) is 25.9 Å². The van der Waals surface area contributed by atoms with Gasteiger partial charge in [0, 0.05) is 6.42 Å². The minimum absolute atomic E-state index is 0.0698. The molecule has 5 heteroatoms. The highest BCUT2D eigenvalue weighted by Crippen LogP contribution is 2.41. The Labute approximate surface area is 95.0 Å². The average molecular weight is 226 g/mol. The van der Waals surface area contributed by atoms with Crippen molar-refractivity contribution in [1.29, 1.82) is 0 Å². The van der Waals surface area contributed by atoms with Gasteiger partial charge in [-0.2, -0.15) is 0 Å². The van der Waals surface area contributed by atoms with E-state index in [0.29, 0.717) is 6.42 Å². The molecule has 90 valence electrons. The zero-order valence-electron chi connectivity index (χ0n) is 9.61. The summed E-state index contributed by atoms with van der Waals surface area (Å²) < 4.78 is 0. The van der Waals surface area contributed by atoms with Crippen LogP contribution in [-0.4, -0.2) is 60.0 Å². The van der Waals surface area contributed by atoms with Gasteiger partial charge in [-0.3, -0.25) is 14.5 Å².